The number of hydrogen-bond donors (Lipinski definition) is 0. The quantitative estimate of drug-likeness (QED) is 0.185. The Morgan fingerprint density at radius 1 is 0.929 bits per heavy atom. The summed E-state index contributed by atoms with van der Waals surface area (Å²) in [4.78, 5) is 33.4. The van der Waals surface area contributed by atoms with E-state index in [-0.39, 0.29) is 24.2 Å². The van der Waals surface area contributed by atoms with Crippen molar-refractivity contribution in [3.63, 3.8) is 0 Å². The third-order valence-corrected chi connectivity index (χ3v) is 4.25. The van der Waals surface area contributed by atoms with Crippen molar-refractivity contribution in [2.45, 2.75) is 71.1 Å². The van der Waals surface area contributed by atoms with Crippen LogP contribution in [0.2, 0.25) is 0 Å². The molecule has 28 heavy (non-hydrogen) atoms. The van der Waals surface area contributed by atoms with E-state index in [4.69, 9.17) is 9.47 Å². The average molecular weight is 393 g/mol. The van der Waals surface area contributed by atoms with Crippen molar-refractivity contribution in [3.05, 3.63) is 39.9 Å². The third-order valence-electron chi connectivity index (χ3n) is 4.25. The van der Waals surface area contributed by atoms with Crippen LogP contribution in [0.25, 0.3) is 0 Å². The Bertz CT molecular complexity index is 617. The van der Waals surface area contributed by atoms with Crippen molar-refractivity contribution >= 4 is 17.6 Å². The molecule has 1 rings (SSSR count). The van der Waals surface area contributed by atoms with Gasteiger partial charge in [0.1, 0.15) is 0 Å². The summed E-state index contributed by atoms with van der Waals surface area (Å²) in [5, 5.41) is 10.7. The molecule has 0 aliphatic heterocycles. The van der Waals surface area contributed by atoms with Crippen LogP contribution in [0, 0.1) is 10.1 Å². The molecular formula is C21H31NO6. The highest BCUT2D eigenvalue weighted by molar-refractivity contribution is 5.69. The summed E-state index contributed by atoms with van der Waals surface area (Å²) in [6.45, 7) is 2.70. The maximum absolute atomic E-state index is 11.7. The first-order chi connectivity index (χ1) is 13.5. The zero-order valence-electron chi connectivity index (χ0n) is 16.7. The molecule has 0 fully saturated rings. The Kier molecular flexibility index (Phi) is 12.3. The van der Waals surface area contributed by atoms with Crippen LogP contribution in [0.4, 0.5) is 5.69 Å². The Labute approximate surface area is 166 Å². The van der Waals surface area contributed by atoms with Gasteiger partial charge in [0, 0.05) is 31.4 Å². The number of ether oxygens (including phenoxy) is 2. The minimum atomic E-state index is -0.437. The van der Waals surface area contributed by atoms with E-state index in [0.717, 1.165) is 50.5 Å². The highest BCUT2D eigenvalue weighted by atomic mass is 16.6. The summed E-state index contributed by atoms with van der Waals surface area (Å²) >= 11 is 0. The number of carbonyl (C=O) groups is 2. The number of nitro benzene ring substituents is 1. The highest BCUT2D eigenvalue weighted by Gasteiger charge is 2.07. The van der Waals surface area contributed by atoms with Crippen LogP contribution in [0.3, 0.4) is 0 Å². The maximum Gasteiger partial charge on any atom is 0.305 e. The summed E-state index contributed by atoms with van der Waals surface area (Å²) < 4.78 is 10.2. The number of non-ortho nitro benzene ring substituents is 1. The van der Waals surface area contributed by atoms with E-state index >= 15 is 0 Å². The fourth-order valence-electron chi connectivity index (χ4n) is 2.71. The minimum Gasteiger partial charge on any atom is -0.466 e. The van der Waals surface area contributed by atoms with Crippen molar-refractivity contribution < 1.29 is 24.0 Å². The predicted octanol–water partition coefficient (Wildman–Crippen LogP) is 4.75. The molecule has 1 aromatic carbocycles. The summed E-state index contributed by atoms with van der Waals surface area (Å²) in [6.07, 6.45) is 7.85. The molecule has 0 unspecified atom stereocenters. The van der Waals surface area contributed by atoms with E-state index < -0.39 is 4.92 Å². The average Bonchev–Trinajstić information content (AvgIpc) is 2.68. The second kappa shape index (κ2) is 14.6. The molecule has 156 valence electrons. The van der Waals surface area contributed by atoms with E-state index in [9.17, 15) is 19.7 Å². The molecule has 0 heterocycles. The number of rotatable bonds is 15. The van der Waals surface area contributed by atoms with Crippen LogP contribution in [0.1, 0.15) is 70.3 Å². The molecule has 7 nitrogen and oxygen atoms in total. The van der Waals surface area contributed by atoms with E-state index in [2.05, 4.69) is 0 Å². The number of benzene rings is 1. The molecular weight excluding hydrogens is 362 g/mol. The Hall–Kier alpha value is -2.44. The molecule has 0 aliphatic rings. The Morgan fingerprint density at radius 3 is 2.07 bits per heavy atom. The molecule has 0 amide bonds. The van der Waals surface area contributed by atoms with Crippen LogP contribution in [-0.4, -0.2) is 30.1 Å². The summed E-state index contributed by atoms with van der Waals surface area (Å²) in [5.74, 6) is -0.348. The number of carbonyl (C=O) groups excluding carboxylic acids is 2. The molecule has 7 heteroatoms. The number of nitrogens with zero attached hydrogens (tertiary/aromatic N) is 1. The fraction of sp³-hybridized carbons (Fsp3) is 0.619. The van der Waals surface area contributed by atoms with Gasteiger partial charge >= 0.3 is 11.9 Å². The van der Waals surface area contributed by atoms with Crippen molar-refractivity contribution in [2.75, 3.05) is 13.2 Å². The zero-order chi connectivity index (χ0) is 20.6. The van der Waals surface area contributed by atoms with Crippen LogP contribution < -0.4 is 0 Å². The standard InChI is InChI=1S/C21H31NO6/c1-2-15-27-20(23)12-7-5-3-4-6-8-13-21(24)28-16-14-18-10-9-11-19(17-18)22(25)26/h9-11,17H,2-8,12-16H2,1H3. The van der Waals surface area contributed by atoms with Gasteiger partial charge in [-0.25, -0.2) is 0 Å². The topological polar surface area (TPSA) is 95.7 Å². The van der Waals surface area contributed by atoms with Crippen LogP contribution in [-0.2, 0) is 25.5 Å². The number of nitro groups is 1. The fourth-order valence-corrected chi connectivity index (χ4v) is 2.71. The number of unbranched alkanes of at least 4 members (excludes halogenated alkanes) is 5. The van der Waals surface area contributed by atoms with Crippen molar-refractivity contribution in [1.82, 2.24) is 0 Å². The highest BCUT2D eigenvalue weighted by Crippen LogP contribution is 2.14. The molecule has 0 saturated heterocycles. The molecule has 0 N–H and O–H groups in total. The molecule has 0 atom stereocenters. The lowest BCUT2D eigenvalue weighted by molar-refractivity contribution is -0.384. The molecule has 1 aromatic rings. The molecule has 0 saturated carbocycles. The number of esters is 2. The predicted molar refractivity (Wildman–Crippen MR) is 106 cm³/mol. The summed E-state index contributed by atoms with van der Waals surface area (Å²) in [6, 6.07) is 6.35. The molecule has 0 spiro atoms. The smallest absolute Gasteiger partial charge is 0.305 e. The monoisotopic (exact) mass is 393 g/mol. The lowest BCUT2D eigenvalue weighted by Crippen LogP contribution is -2.07. The molecule has 0 aliphatic carbocycles. The summed E-state index contributed by atoms with van der Waals surface area (Å²) in [5.41, 5.74) is 0.822. The molecule has 0 aromatic heterocycles. The van der Waals surface area contributed by atoms with E-state index in [0.29, 0.717) is 25.9 Å². The van der Waals surface area contributed by atoms with Crippen molar-refractivity contribution in [2.24, 2.45) is 0 Å². The third kappa shape index (κ3) is 11.3. The van der Waals surface area contributed by atoms with E-state index in [1.54, 1.807) is 12.1 Å². The van der Waals surface area contributed by atoms with Crippen LogP contribution in [0.5, 0.6) is 0 Å². The van der Waals surface area contributed by atoms with Crippen molar-refractivity contribution in [3.8, 4) is 0 Å². The Balaban J connectivity index is 1.99. The SMILES string of the molecule is CCCOC(=O)CCCCCCCCC(=O)OCCc1cccc([N+](=O)[O-])c1. The van der Waals surface area contributed by atoms with Gasteiger partial charge in [-0.3, -0.25) is 19.7 Å². The van der Waals surface area contributed by atoms with Gasteiger partial charge in [0.25, 0.3) is 5.69 Å². The second-order valence-corrected chi connectivity index (χ2v) is 6.74. The summed E-state index contributed by atoms with van der Waals surface area (Å²) in [7, 11) is 0. The van der Waals surface area contributed by atoms with Crippen LogP contribution in [0.15, 0.2) is 24.3 Å². The number of hydrogen-bond acceptors (Lipinski definition) is 6. The molecule has 0 bridgehead atoms. The van der Waals surface area contributed by atoms with Gasteiger partial charge < -0.3 is 9.47 Å². The zero-order valence-corrected chi connectivity index (χ0v) is 16.7. The van der Waals surface area contributed by atoms with Crippen LogP contribution >= 0.6 is 0 Å². The first-order valence-electron chi connectivity index (χ1n) is 10.1. The van der Waals surface area contributed by atoms with Gasteiger partial charge in [0.05, 0.1) is 18.1 Å². The largest absolute Gasteiger partial charge is 0.466 e. The first-order valence-corrected chi connectivity index (χ1v) is 10.1. The van der Waals surface area contributed by atoms with Gasteiger partial charge in [0.2, 0.25) is 0 Å². The minimum absolute atomic E-state index is 0.0432. The van der Waals surface area contributed by atoms with Gasteiger partial charge in [-0.1, -0.05) is 44.7 Å². The van der Waals surface area contributed by atoms with E-state index in [1.807, 2.05) is 6.92 Å². The van der Waals surface area contributed by atoms with Gasteiger partial charge in [-0.2, -0.15) is 0 Å². The first kappa shape index (κ1) is 23.6. The van der Waals surface area contributed by atoms with Gasteiger partial charge in [-0.05, 0) is 24.8 Å². The lowest BCUT2D eigenvalue weighted by atomic mass is 10.1. The van der Waals surface area contributed by atoms with Gasteiger partial charge in [0.15, 0.2) is 0 Å². The normalized spacial score (nSPS) is 10.5. The van der Waals surface area contributed by atoms with E-state index in [1.165, 1.54) is 12.1 Å². The lowest BCUT2D eigenvalue weighted by Gasteiger charge is -2.05. The maximum atomic E-state index is 11.7. The van der Waals surface area contributed by atoms with Gasteiger partial charge in [-0.15, -0.1) is 0 Å². The van der Waals surface area contributed by atoms with Crippen molar-refractivity contribution in [1.29, 1.82) is 0 Å². The second-order valence-electron chi connectivity index (χ2n) is 6.74. The molecule has 0 radical (unpaired) electrons. The Morgan fingerprint density at radius 2 is 1.50 bits per heavy atom.